The van der Waals surface area contributed by atoms with Gasteiger partial charge in [-0.2, -0.15) is 0 Å². The maximum Gasteiger partial charge on any atom is 0.126 e. The number of rotatable bonds is 4. The second-order valence-corrected chi connectivity index (χ2v) is 5.24. The van der Waals surface area contributed by atoms with E-state index >= 15 is 0 Å². The van der Waals surface area contributed by atoms with E-state index in [4.69, 9.17) is 9.47 Å². The van der Waals surface area contributed by atoms with E-state index in [1.807, 2.05) is 24.3 Å². The summed E-state index contributed by atoms with van der Waals surface area (Å²) in [7, 11) is 1.78. The number of methoxy groups -OCH3 is 1. The van der Waals surface area contributed by atoms with Gasteiger partial charge in [-0.15, -0.1) is 0 Å². The first-order valence-electron chi connectivity index (χ1n) is 7.04. The third-order valence-electron chi connectivity index (χ3n) is 4.03. The molecule has 1 saturated heterocycles. The summed E-state index contributed by atoms with van der Waals surface area (Å²) in [4.78, 5) is 4.63. The number of ether oxygens (including phenoxy) is 2. The molecule has 1 aliphatic heterocycles. The standard InChI is InChI=1S/C16H20N2O2/c1-19-16(8-10-20-11-9-16)12-17-15-7-6-13-4-2-3-5-14(13)18-15/h2-7H,8-12H2,1H3,(H,17,18). The van der Waals surface area contributed by atoms with Gasteiger partial charge in [0.2, 0.25) is 0 Å². The smallest absolute Gasteiger partial charge is 0.126 e. The number of hydrogen-bond acceptors (Lipinski definition) is 4. The molecule has 2 heterocycles. The van der Waals surface area contributed by atoms with Crippen molar-refractivity contribution in [2.24, 2.45) is 0 Å². The molecule has 1 aromatic heterocycles. The van der Waals surface area contributed by atoms with Gasteiger partial charge in [0.15, 0.2) is 0 Å². The van der Waals surface area contributed by atoms with Gasteiger partial charge < -0.3 is 14.8 Å². The lowest BCUT2D eigenvalue weighted by Gasteiger charge is -2.36. The number of anilines is 1. The molecule has 2 aromatic rings. The summed E-state index contributed by atoms with van der Waals surface area (Å²) in [6, 6.07) is 12.2. The van der Waals surface area contributed by atoms with Crippen LogP contribution in [0.15, 0.2) is 36.4 Å². The summed E-state index contributed by atoms with van der Waals surface area (Å²) in [5.41, 5.74) is 0.877. The summed E-state index contributed by atoms with van der Waals surface area (Å²) >= 11 is 0. The number of nitrogens with one attached hydrogen (secondary N) is 1. The molecular weight excluding hydrogens is 252 g/mol. The molecule has 0 bridgehead atoms. The monoisotopic (exact) mass is 272 g/mol. The van der Waals surface area contributed by atoms with E-state index in [1.54, 1.807) is 7.11 Å². The van der Waals surface area contributed by atoms with E-state index in [0.29, 0.717) is 0 Å². The van der Waals surface area contributed by atoms with Gasteiger partial charge in [-0.1, -0.05) is 18.2 Å². The van der Waals surface area contributed by atoms with Gasteiger partial charge in [0.05, 0.1) is 11.1 Å². The van der Waals surface area contributed by atoms with Crippen molar-refractivity contribution in [3.63, 3.8) is 0 Å². The fraction of sp³-hybridized carbons (Fsp3) is 0.438. The Morgan fingerprint density at radius 2 is 2.00 bits per heavy atom. The number of pyridine rings is 1. The number of fused-ring (bicyclic) bond motifs is 1. The molecule has 0 spiro atoms. The number of aromatic nitrogens is 1. The molecule has 0 radical (unpaired) electrons. The summed E-state index contributed by atoms with van der Waals surface area (Å²) in [6.45, 7) is 2.29. The van der Waals surface area contributed by atoms with Gasteiger partial charge >= 0.3 is 0 Å². The summed E-state index contributed by atoms with van der Waals surface area (Å²) in [6.07, 6.45) is 1.84. The molecule has 1 N–H and O–H groups in total. The first kappa shape index (κ1) is 13.3. The topological polar surface area (TPSA) is 43.4 Å². The Bertz CT molecular complexity index is 579. The van der Waals surface area contributed by atoms with Crippen LogP contribution in [0.5, 0.6) is 0 Å². The van der Waals surface area contributed by atoms with Crippen molar-refractivity contribution < 1.29 is 9.47 Å². The third kappa shape index (κ3) is 2.76. The fourth-order valence-electron chi connectivity index (χ4n) is 2.61. The molecule has 0 atom stereocenters. The zero-order chi connectivity index (χ0) is 13.8. The van der Waals surface area contributed by atoms with Crippen LogP contribution in [-0.4, -0.2) is 37.5 Å². The molecule has 0 aliphatic carbocycles. The Morgan fingerprint density at radius 1 is 1.20 bits per heavy atom. The van der Waals surface area contributed by atoms with Crippen molar-refractivity contribution in [3.05, 3.63) is 36.4 Å². The lowest BCUT2D eigenvalue weighted by Crippen LogP contribution is -2.44. The van der Waals surface area contributed by atoms with Gasteiger partial charge in [0.1, 0.15) is 5.82 Å². The van der Waals surface area contributed by atoms with E-state index in [2.05, 4.69) is 22.4 Å². The maximum atomic E-state index is 5.72. The zero-order valence-electron chi connectivity index (χ0n) is 11.8. The van der Waals surface area contributed by atoms with Crippen LogP contribution in [-0.2, 0) is 9.47 Å². The van der Waals surface area contributed by atoms with Crippen molar-refractivity contribution in [1.29, 1.82) is 0 Å². The van der Waals surface area contributed by atoms with Crippen molar-refractivity contribution in [2.45, 2.75) is 18.4 Å². The highest BCUT2D eigenvalue weighted by atomic mass is 16.5. The third-order valence-corrected chi connectivity index (χ3v) is 4.03. The van der Waals surface area contributed by atoms with Crippen LogP contribution in [0.1, 0.15) is 12.8 Å². The predicted molar refractivity (Wildman–Crippen MR) is 80.0 cm³/mol. The quantitative estimate of drug-likeness (QED) is 0.929. The van der Waals surface area contributed by atoms with E-state index in [-0.39, 0.29) is 5.60 Å². The predicted octanol–water partition coefficient (Wildman–Crippen LogP) is 2.84. The van der Waals surface area contributed by atoms with Crippen molar-refractivity contribution in [3.8, 4) is 0 Å². The number of para-hydroxylation sites is 1. The highest BCUT2D eigenvalue weighted by Crippen LogP contribution is 2.25. The molecule has 0 saturated carbocycles. The summed E-state index contributed by atoms with van der Waals surface area (Å²) in [5.74, 6) is 0.895. The Hall–Kier alpha value is -1.65. The van der Waals surface area contributed by atoms with Crippen LogP contribution in [0.2, 0.25) is 0 Å². The Balaban J connectivity index is 1.72. The number of benzene rings is 1. The lowest BCUT2D eigenvalue weighted by atomic mass is 9.94. The molecule has 106 valence electrons. The van der Waals surface area contributed by atoms with E-state index < -0.39 is 0 Å². The Labute approximate surface area is 119 Å². The molecule has 0 unspecified atom stereocenters. The minimum atomic E-state index is -0.133. The second kappa shape index (κ2) is 5.77. The highest BCUT2D eigenvalue weighted by Gasteiger charge is 2.32. The molecule has 1 aromatic carbocycles. The normalized spacial score (nSPS) is 18.1. The molecule has 1 aliphatic rings. The minimum absolute atomic E-state index is 0.133. The first-order valence-corrected chi connectivity index (χ1v) is 7.04. The average molecular weight is 272 g/mol. The van der Waals surface area contributed by atoms with E-state index in [1.165, 1.54) is 0 Å². The molecule has 3 rings (SSSR count). The van der Waals surface area contributed by atoms with Crippen LogP contribution in [0, 0.1) is 0 Å². The van der Waals surface area contributed by atoms with Crippen molar-refractivity contribution >= 4 is 16.7 Å². The molecular formula is C16H20N2O2. The molecule has 4 heteroatoms. The molecule has 4 nitrogen and oxygen atoms in total. The van der Waals surface area contributed by atoms with Gasteiger partial charge in [0, 0.05) is 45.1 Å². The Kier molecular flexibility index (Phi) is 3.85. The second-order valence-electron chi connectivity index (χ2n) is 5.24. The maximum absolute atomic E-state index is 5.72. The van der Waals surface area contributed by atoms with Gasteiger partial charge in [-0.25, -0.2) is 4.98 Å². The van der Waals surface area contributed by atoms with Crippen LogP contribution in [0.3, 0.4) is 0 Å². The van der Waals surface area contributed by atoms with Crippen molar-refractivity contribution in [2.75, 3.05) is 32.2 Å². The summed E-state index contributed by atoms with van der Waals surface area (Å²) in [5, 5.41) is 4.56. The van der Waals surface area contributed by atoms with Crippen LogP contribution >= 0.6 is 0 Å². The van der Waals surface area contributed by atoms with Crippen LogP contribution in [0.4, 0.5) is 5.82 Å². The number of nitrogens with zero attached hydrogens (tertiary/aromatic N) is 1. The Morgan fingerprint density at radius 3 is 2.80 bits per heavy atom. The lowest BCUT2D eigenvalue weighted by molar-refractivity contribution is -0.0807. The summed E-state index contributed by atoms with van der Waals surface area (Å²) < 4.78 is 11.1. The highest BCUT2D eigenvalue weighted by molar-refractivity contribution is 5.80. The average Bonchev–Trinajstić information content (AvgIpc) is 2.54. The van der Waals surface area contributed by atoms with Gasteiger partial charge in [-0.05, 0) is 18.2 Å². The molecule has 0 amide bonds. The minimum Gasteiger partial charge on any atom is -0.381 e. The van der Waals surface area contributed by atoms with Gasteiger partial charge in [-0.3, -0.25) is 0 Å². The first-order chi connectivity index (χ1) is 9.81. The zero-order valence-corrected chi connectivity index (χ0v) is 11.8. The van der Waals surface area contributed by atoms with Gasteiger partial charge in [0.25, 0.3) is 0 Å². The molecule has 1 fully saturated rings. The van der Waals surface area contributed by atoms with Crippen molar-refractivity contribution in [1.82, 2.24) is 4.98 Å². The fourth-order valence-corrected chi connectivity index (χ4v) is 2.61. The van der Waals surface area contributed by atoms with Crippen LogP contribution in [0.25, 0.3) is 10.9 Å². The molecule has 20 heavy (non-hydrogen) atoms. The van der Waals surface area contributed by atoms with E-state index in [0.717, 1.165) is 49.3 Å². The SMILES string of the molecule is COC1(CNc2ccc3ccccc3n2)CCOCC1. The number of hydrogen-bond donors (Lipinski definition) is 1. The largest absolute Gasteiger partial charge is 0.381 e. The van der Waals surface area contributed by atoms with E-state index in [9.17, 15) is 0 Å². The van der Waals surface area contributed by atoms with Crippen LogP contribution < -0.4 is 5.32 Å².